The number of aromatic nitrogens is 8. The van der Waals surface area contributed by atoms with Crippen molar-refractivity contribution in [2.24, 2.45) is 0 Å². The summed E-state index contributed by atoms with van der Waals surface area (Å²) < 4.78 is 18.5. The fourth-order valence-electron chi connectivity index (χ4n) is 13.0. The van der Waals surface area contributed by atoms with Crippen LogP contribution in [0.3, 0.4) is 0 Å². The molecule has 0 radical (unpaired) electrons. The van der Waals surface area contributed by atoms with Gasteiger partial charge in [0.25, 0.3) is 0 Å². The minimum absolute atomic E-state index is 0.557. The van der Waals surface area contributed by atoms with E-state index in [0.717, 1.165) is 143 Å². The number of benzene rings is 12. The van der Waals surface area contributed by atoms with Crippen LogP contribution in [0.15, 0.2) is 288 Å². The molecule has 0 amide bonds. The van der Waals surface area contributed by atoms with Crippen molar-refractivity contribution in [3.63, 3.8) is 0 Å². The first-order chi connectivity index (χ1) is 43.6. The third kappa shape index (κ3) is 7.89. The predicted molar refractivity (Wildman–Crippen MR) is 354 cm³/mol. The van der Waals surface area contributed by atoms with Crippen molar-refractivity contribution in [3.8, 4) is 90.8 Å². The fourth-order valence-corrected chi connectivity index (χ4v) is 13.0. The highest BCUT2D eigenvalue weighted by atomic mass is 16.3. The van der Waals surface area contributed by atoms with Gasteiger partial charge in [-0.2, -0.15) is 0 Å². The topological polar surface area (TPSA) is 113 Å². The molecule has 10 heteroatoms. The highest BCUT2D eigenvalue weighted by molar-refractivity contribution is 6.26. The molecule has 0 bridgehead atoms. The van der Waals surface area contributed by atoms with Crippen LogP contribution >= 0.6 is 0 Å². The first kappa shape index (κ1) is 49.3. The van der Waals surface area contributed by atoms with Gasteiger partial charge < -0.3 is 18.0 Å². The Balaban J connectivity index is 0.732. The fraction of sp³-hybridized carbons (Fsp3) is 0. The van der Waals surface area contributed by atoms with Crippen molar-refractivity contribution in [1.29, 1.82) is 0 Å². The van der Waals surface area contributed by atoms with E-state index < -0.39 is 0 Å². The van der Waals surface area contributed by atoms with Crippen LogP contribution in [0.2, 0.25) is 0 Å². The highest BCUT2D eigenvalue weighted by Crippen LogP contribution is 2.45. The predicted octanol–water partition coefficient (Wildman–Crippen LogP) is 19.7. The lowest BCUT2D eigenvalue weighted by atomic mass is 10.00. The summed E-state index contributed by atoms with van der Waals surface area (Å²) in [5, 5.41) is 8.61. The van der Waals surface area contributed by atoms with Gasteiger partial charge in [-0.05, 0) is 90.5 Å². The Morgan fingerprint density at radius 1 is 0.227 bits per heavy atom. The van der Waals surface area contributed by atoms with Crippen LogP contribution in [0.25, 0.3) is 178 Å². The molecular weight excluding hydrogens is 1080 g/mol. The zero-order valence-electron chi connectivity index (χ0n) is 47.0. The monoisotopic (exact) mass is 1130 g/mol. The van der Waals surface area contributed by atoms with Crippen LogP contribution in [-0.2, 0) is 0 Å². The standard InChI is InChI=1S/C78H46N8O2/c1-4-19-47(20-5-1)73-79-74(48-21-6-2-7-22-48)81-76(80-73)50-37-39-54(40-38-50)85-63-34-13-10-30-61(63)69-65(85)44-42-60-58-33-18-32-56(70(58)88-72(60)69)51-25-16-26-52(45-51)77-82-75(49-23-8-3-9-24-49)83-78(84-77)53-27-17-28-55(46-53)86-64-35-14-11-31-62(64)68-66(86)43-41-59-57-29-12-15-36-67(57)87-71(59)68/h1-46H. The van der Waals surface area contributed by atoms with Gasteiger partial charge in [0.05, 0.1) is 32.8 Å². The number of hydrogen-bond donors (Lipinski definition) is 0. The molecule has 0 atom stereocenters. The van der Waals surface area contributed by atoms with E-state index in [4.69, 9.17) is 38.7 Å². The molecule has 0 N–H and O–H groups in total. The number of nitrogens with zero attached hydrogens (tertiary/aromatic N) is 8. The Morgan fingerprint density at radius 2 is 0.625 bits per heavy atom. The van der Waals surface area contributed by atoms with Crippen LogP contribution in [0.4, 0.5) is 0 Å². The maximum Gasteiger partial charge on any atom is 0.164 e. The van der Waals surface area contributed by atoms with Gasteiger partial charge in [0.2, 0.25) is 0 Å². The molecule has 6 heterocycles. The first-order valence-corrected chi connectivity index (χ1v) is 29.3. The van der Waals surface area contributed by atoms with Crippen LogP contribution in [0, 0.1) is 0 Å². The van der Waals surface area contributed by atoms with Gasteiger partial charge in [0, 0.05) is 82.6 Å². The minimum atomic E-state index is 0.557. The zero-order valence-corrected chi connectivity index (χ0v) is 47.0. The smallest absolute Gasteiger partial charge is 0.164 e. The molecule has 0 saturated carbocycles. The molecule has 0 spiro atoms. The molecule has 10 nitrogen and oxygen atoms in total. The van der Waals surface area contributed by atoms with E-state index in [-0.39, 0.29) is 0 Å². The van der Waals surface area contributed by atoms with Gasteiger partial charge in [0.15, 0.2) is 34.9 Å². The van der Waals surface area contributed by atoms with Crippen LogP contribution < -0.4 is 0 Å². The van der Waals surface area contributed by atoms with Crippen molar-refractivity contribution in [3.05, 3.63) is 279 Å². The Hall–Kier alpha value is -12.1. The number of para-hydroxylation sites is 4. The van der Waals surface area contributed by atoms with Gasteiger partial charge in [0.1, 0.15) is 22.3 Å². The molecule has 0 aliphatic rings. The second-order valence-corrected chi connectivity index (χ2v) is 22.1. The molecule has 0 unspecified atom stereocenters. The van der Waals surface area contributed by atoms with Crippen LogP contribution in [0.5, 0.6) is 0 Å². The maximum atomic E-state index is 7.23. The molecular formula is C78H46N8O2. The molecule has 6 aromatic heterocycles. The first-order valence-electron chi connectivity index (χ1n) is 29.3. The third-order valence-electron chi connectivity index (χ3n) is 17.0. The SMILES string of the molecule is c1ccc(-c2nc(-c3ccccc3)nc(-c3ccc(-n4c5ccccc5c5c6oc7c(-c8cccc(-c9nc(-c%10ccccc%10)nc(-c%10cccc(-n%11c%12ccccc%12c%12c%13oc%14ccccc%14c%13ccc%12%11)c%10)n9)c8)cccc7c6ccc54)cc3)n2)cc1. The van der Waals surface area contributed by atoms with Crippen molar-refractivity contribution < 1.29 is 8.83 Å². The summed E-state index contributed by atoms with van der Waals surface area (Å²) in [4.78, 5) is 30.6. The van der Waals surface area contributed by atoms with Gasteiger partial charge >= 0.3 is 0 Å². The molecule has 18 rings (SSSR count). The van der Waals surface area contributed by atoms with Crippen molar-refractivity contribution in [2.75, 3.05) is 0 Å². The van der Waals surface area contributed by atoms with Gasteiger partial charge in [-0.25, -0.2) is 29.9 Å². The Morgan fingerprint density at radius 3 is 1.20 bits per heavy atom. The summed E-state index contributed by atoms with van der Waals surface area (Å²) in [6, 6.07) is 96.2. The zero-order chi connectivity index (χ0) is 57.8. The summed E-state index contributed by atoms with van der Waals surface area (Å²) in [5.74, 6) is 3.55. The summed E-state index contributed by atoms with van der Waals surface area (Å²) >= 11 is 0. The lowest BCUT2D eigenvalue weighted by Gasteiger charge is -2.12. The third-order valence-corrected chi connectivity index (χ3v) is 17.0. The van der Waals surface area contributed by atoms with E-state index in [1.54, 1.807) is 0 Å². The van der Waals surface area contributed by atoms with Gasteiger partial charge in [-0.1, -0.05) is 194 Å². The summed E-state index contributed by atoms with van der Waals surface area (Å²) in [5.41, 5.74) is 16.9. The van der Waals surface area contributed by atoms with Crippen LogP contribution in [0.1, 0.15) is 0 Å². The van der Waals surface area contributed by atoms with Gasteiger partial charge in [-0.15, -0.1) is 0 Å². The quantitative estimate of drug-likeness (QED) is 0.140. The molecule has 410 valence electrons. The minimum Gasteiger partial charge on any atom is -0.455 e. The molecule has 18 aromatic rings. The molecule has 0 fully saturated rings. The molecule has 0 saturated heterocycles. The maximum absolute atomic E-state index is 7.23. The summed E-state index contributed by atoms with van der Waals surface area (Å²) in [6.07, 6.45) is 0. The van der Waals surface area contributed by atoms with Crippen molar-refractivity contribution in [2.45, 2.75) is 0 Å². The van der Waals surface area contributed by atoms with Crippen molar-refractivity contribution in [1.82, 2.24) is 39.0 Å². The molecule has 88 heavy (non-hydrogen) atoms. The molecule has 12 aromatic carbocycles. The summed E-state index contributed by atoms with van der Waals surface area (Å²) in [7, 11) is 0. The van der Waals surface area contributed by atoms with E-state index in [2.05, 4.69) is 185 Å². The van der Waals surface area contributed by atoms with Crippen molar-refractivity contribution >= 4 is 87.5 Å². The molecule has 0 aliphatic heterocycles. The largest absolute Gasteiger partial charge is 0.455 e. The lowest BCUT2D eigenvalue weighted by Crippen LogP contribution is -2.01. The lowest BCUT2D eigenvalue weighted by molar-refractivity contribution is 0.673. The molecule has 0 aliphatic carbocycles. The van der Waals surface area contributed by atoms with Crippen LogP contribution in [-0.4, -0.2) is 39.0 Å². The number of furan rings is 2. The van der Waals surface area contributed by atoms with Gasteiger partial charge in [-0.3, -0.25) is 0 Å². The highest BCUT2D eigenvalue weighted by Gasteiger charge is 2.24. The Bertz CT molecular complexity index is 5750. The van der Waals surface area contributed by atoms with E-state index in [1.165, 1.54) is 0 Å². The number of rotatable bonds is 9. The number of hydrogen-bond acceptors (Lipinski definition) is 8. The average Bonchev–Trinajstić information content (AvgIpc) is 1.66. The van der Waals surface area contributed by atoms with E-state index in [1.807, 2.05) is 103 Å². The Kier molecular flexibility index (Phi) is 11.1. The van der Waals surface area contributed by atoms with E-state index >= 15 is 0 Å². The van der Waals surface area contributed by atoms with E-state index in [0.29, 0.717) is 34.9 Å². The summed E-state index contributed by atoms with van der Waals surface area (Å²) in [6.45, 7) is 0. The normalized spacial score (nSPS) is 11.9. The average molecular weight is 1130 g/mol. The van der Waals surface area contributed by atoms with E-state index in [9.17, 15) is 0 Å². The second kappa shape index (κ2) is 19.7. The number of fused-ring (bicyclic) bond motifs is 14. The Labute approximate surface area is 502 Å². The second-order valence-electron chi connectivity index (χ2n) is 22.1.